The van der Waals surface area contributed by atoms with E-state index in [1.165, 1.54) is 12.4 Å². The lowest BCUT2D eigenvalue weighted by Gasteiger charge is -2.04. The van der Waals surface area contributed by atoms with Crippen molar-refractivity contribution in [2.75, 3.05) is 6.61 Å². The van der Waals surface area contributed by atoms with Crippen molar-refractivity contribution in [2.45, 2.75) is 0 Å². The first-order chi connectivity index (χ1) is 10.3. The Bertz CT molecular complexity index is 678. The Balaban J connectivity index is 2.02. The summed E-state index contributed by atoms with van der Waals surface area (Å²) in [6, 6.07) is 12.3. The van der Waals surface area contributed by atoms with Crippen LogP contribution in [0.4, 0.5) is 0 Å². The molecule has 21 heavy (non-hydrogen) atoms. The first-order valence-corrected chi connectivity index (χ1v) is 6.13. The number of rotatable bonds is 5. The van der Waals surface area contributed by atoms with Crippen LogP contribution in [0.25, 0.3) is 0 Å². The number of nitrogens with one attached hydrogen (secondary N) is 1. The first-order valence-electron chi connectivity index (χ1n) is 6.13. The number of ether oxygens (including phenoxy) is 1. The van der Waals surface area contributed by atoms with Crippen LogP contribution in [-0.4, -0.2) is 23.7 Å². The topological polar surface area (TPSA) is 87.4 Å². The number of carbonyl (C=O) groups excluding carboxylic acids is 1. The molecule has 0 fully saturated rings. The van der Waals surface area contributed by atoms with Gasteiger partial charge in [0.1, 0.15) is 11.8 Å². The minimum absolute atomic E-state index is 0.0487. The monoisotopic (exact) mass is 280 g/mol. The molecule has 0 radical (unpaired) electrons. The van der Waals surface area contributed by atoms with Gasteiger partial charge in [0, 0.05) is 18.0 Å². The predicted octanol–water partition coefficient (Wildman–Crippen LogP) is 1.75. The van der Waals surface area contributed by atoms with E-state index in [0.29, 0.717) is 16.9 Å². The Morgan fingerprint density at radius 3 is 3.00 bits per heavy atom. The molecule has 1 aromatic heterocycles. The van der Waals surface area contributed by atoms with E-state index < -0.39 is 0 Å². The summed E-state index contributed by atoms with van der Waals surface area (Å²) < 4.78 is 5.25. The Hall–Kier alpha value is -3.20. The van der Waals surface area contributed by atoms with Gasteiger partial charge in [0.05, 0.1) is 11.8 Å². The van der Waals surface area contributed by atoms with Gasteiger partial charge in [-0.05, 0) is 24.3 Å². The minimum Gasteiger partial charge on any atom is -0.478 e. The van der Waals surface area contributed by atoms with Crippen LogP contribution in [0.2, 0.25) is 0 Å². The molecule has 0 aliphatic rings. The maximum absolute atomic E-state index is 11.8. The number of para-hydroxylation sites is 1. The van der Waals surface area contributed by atoms with Gasteiger partial charge in [-0.25, -0.2) is 5.43 Å². The SMILES string of the molecule is N#CCOc1ccccc1/C=N/NC(=O)c1cccnc1. The number of hydrogen-bond acceptors (Lipinski definition) is 5. The summed E-state index contributed by atoms with van der Waals surface area (Å²) in [5.41, 5.74) is 3.49. The lowest BCUT2D eigenvalue weighted by Crippen LogP contribution is -2.17. The second-order valence-electron chi connectivity index (χ2n) is 3.93. The highest BCUT2D eigenvalue weighted by atomic mass is 16.5. The molecule has 104 valence electrons. The zero-order valence-electron chi connectivity index (χ0n) is 11.1. The third-order valence-corrected chi connectivity index (χ3v) is 2.50. The van der Waals surface area contributed by atoms with E-state index in [1.807, 2.05) is 12.1 Å². The summed E-state index contributed by atoms with van der Waals surface area (Å²) in [5, 5.41) is 12.4. The average Bonchev–Trinajstić information content (AvgIpc) is 2.54. The van der Waals surface area contributed by atoms with Gasteiger partial charge in [-0.1, -0.05) is 12.1 Å². The normalized spacial score (nSPS) is 10.0. The first kappa shape index (κ1) is 14.2. The molecular formula is C15H12N4O2. The quantitative estimate of drug-likeness (QED) is 0.667. The lowest BCUT2D eigenvalue weighted by atomic mass is 10.2. The molecule has 0 bridgehead atoms. The molecule has 0 spiro atoms. The number of nitriles is 1. The second kappa shape index (κ2) is 7.40. The van der Waals surface area contributed by atoms with Gasteiger partial charge < -0.3 is 4.74 Å². The Kier molecular flexibility index (Phi) is 5.01. The van der Waals surface area contributed by atoms with Gasteiger partial charge >= 0.3 is 0 Å². The summed E-state index contributed by atoms with van der Waals surface area (Å²) in [6.45, 7) is -0.0487. The van der Waals surface area contributed by atoms with Crippen LogP contribution >= 0.6 is 0 Å². The van der Waals surface area contributed by atoms with Crippen molar-refractivity contribution in [2.24, 2.45) is 5.10 Å². The summed E-state index contributed by atoms with van der Waals surface area (Å²) in [4.78, 5) is 15.6. The average molecular weight is 280 g/mol. The molecule has 1 heterocycles. The minimum atomic E-state index is -0.352. The van der Waals surface area contributed by atoms with E-state index in [0.717, 1.165) is 0 Å². The highest BCUT2D eigenvalue weighted by Crippen LogP contribution is 2.15. The van der Waals surface area contributed by atoms with E-state index in [2.05, 4.69) is 15.5 Å². The molecule has 0 aliphatic carbocycles. The Morgan fingerprint density at radius 1 is 1.38 bits per heavy atom. The maximum atomic E-state index is 11.8. The van der Waals surface area contributed by atoms with Gasteiger partial charge in [0.15, 0.2) is 6.61 Å². The lowest BCUT2D eigenvalue weighted by molar-refractivity contribution is 0.0955. The molecule has 0 saturated heterocycles. The molecule has 0 atom stereocenters. The number of pyridine rings is 1. The molecule has 1 aromatic carbocycles. The number of aromatic nitrogens is 1. The van der Waals surface area contributed by atoms with Crippen molar-refractivity contribution >= 4 is 12.1 Å². The highest BCUT2D eigenvalue weighted by Gasteiger charge is 2.03. The fourth-order valence-electron chi connectivity index (χ4n) is 1.55. The third-order valence-electron chi connectivity index (χ3n) is 2.50. The highest BCUT2D eigenvalue weighted by molar-refractivity contribution is 5.94. The van der Waals surface area contributed by atoms with Crippen LogP contribution < -0.4 is 10.2 Å². The summed E-state index contributed by atoms with van der Waals surface area (Å²) in [5.74, 6) is 0.174. The largest absolute Gasteiger partial charge is 0.478 e. The fourth-order valence-corrected chi connectivity index (χ4v) is 1.55. The van der Waals surface area contributed by atoms with Crippen LogP contribution in [0.5, 0.6) is 5.75 Å². The van der Waals surface area contributed by atoms with Crippen LogP contribution in [0.3, 0.4) is 0 Å². The molecule has 2 rings (SSSR count). The smallest absolute Gasteiger partial charge is 0.272 e. The zero-order valence-corrected chi connectivity index (χ0v) is 11.1. The number of nitrogens with zero attached hydrogens (tertiary/aromatic N) is 3. The van der Waals surface area contributed by atoms with E-state index >= 15 is 0 Å². The van der Waals surface area contributed by atoms with Gasteiger partial charge in [-0.2, -0.15) is 10.4 Å². The van der Waals surface area contributed by atoms with E-state index in [4.69, 9.17) is 10.00 Å². The van der Waals surface area contributed by atoms with Crippen molar-refractivity contribution in [3.63, 3.8) is 0 Å². The van der Waals surface area contributed by atoms with Crippen molar-refractivity contribution < 1.29 is 9.53 Å². The van der Waals surface area contributed by atoms with Crippen molar-refractivity contribution in [3.05, 3.63) is 59.9 Å². The van der Waals surface area contributed by atoms with E-state index in [9.17, 15) is 4.79 Å². The van der Waals surface area contributed by atoms with Crippen LogP contribution in [0.15, 0.2) is 53.9 Å². The number of carbonyl (C=O) groups is 1. The van der Waals surface area contributed by atoms with Gasteiger partial charge in [0.25, 0.3) is 5.91 Å². The molecule has 1 amide bonds. The summed E-state index contributed by atoms with van der Waals surface area (Å²) in [6.07, 6.45) is 4.50. The predicted molar refractivity (Wildman–Crippen MR) is 76.8 cm³/mol. The van der Waals surface area contributed by atoms with Gasteiger partial charge in [-0.15, -0.1) is 0 Å². The molecule has 6 heteroatoms. The molecular weight excluding hydrogens is 268 g/mol. The van der Waals surface area contributed by atoms with Crippen LogP contribution in [-0.2, 0) is 0 Å². The molecule has 0 unspecified atom stereocenters. The molecule has 1 N–H and O–H groups in total. The molecule has 0 saturated carbocycles. The molecule has 6 nitrogen and oxygen atoms in total. The van der Waals surface area contributed by atoms with Crippen LogP contribution in [0.1, 0.15) is 15.9 Å². The van der Waals surface area contributed by atoms with Gasteiger partial charge in [-0.3, -0.25) is 9.78 Å². The molecule has 2 aromatic rings. The standard InChI is InChI=1S/C15H12N4O2/c16-7-9-21-14-6-2-1-4-12(14)11-18-19-15(20)13-5-3-8-17-10-13/h1-6,8,10-11H,9H2,(H,19,20)/b18-11+. The number of amides is 1. The third kappa shape index (κ3) is 4.14. The number of benzene rings is 1. The Labute approximate surface area is 121 Å². The summed E-state index contributed by atoms with van der Waals surface area (Å²) >= 11 is 0. The van der Waals surface area contributed by atoms with E-state index in [-0.39, 0.29) is 12.5 Å². The van der Waals surface area contributed by atoms with Crippen molar-refractivity contribution in [1.82, 2.24) is 10.4 Å². The number of hydrogen-bond donors (Lipinski definition) is 1. The Morgan fingerprint density at radius 2 is 2.24 bits per heavy atom. The molecule has 0 aliphatic heterocycles. The van der Waals surface area contributed by atoms with Crippen LogP contribution in [0, 0.1) is 11.3 Å². The maximum Gasteiger partial charge on any atom is 0.272 e. The van der Waals surface area contributed by atoms with Gasteiger partial charge in [0.2, 0.25) is 0 Å². The fraction of sp³-hybridized carbons (Fsp3) is 0.0667. The number of hydrazone groups is 1. The summed E-state index contributed by atoms with van der Waals surface area (Å²) in [7, 11) is 0. The van der Waals surface area contributed by atoms with Crippen molar-refractivity contribution in [1.29, 1.82) is 5.26 Å². The van der Waals surface area contributed by atoms with Crippen molar-refractivity contribution in [3.8, 4) is 11.8 Å². The second-order valence-corrected chi connectivity index (χ2v) is 3.93. The van der Waals surface area contributed by atoms with E-state index in [1.54, 1.807) is 36.5 Å². The zero-order chi connectivity index (χ0) is 14.9.